The van der Waals surface area contributed by atoms with Crippen molar-refractivity contribution in [3.8, 4) is 5.75 Å². The van der Waals surface area contributed by atoms with Gasteiger partial charge in [0.05, 0.1) is 6.10 Å². The van der Waals surface area contributed by atoms with Crippen LogP contribution in [0.15, 0.2) is 28.3 Å². The molecule has 2 N–H and O–H groups in total. The molecule has 1 aliphatic carbocycles. The molecule has 5 nitrogen and oxygen atoms in total. The zero-order chi connectivity index (χ0) is 17.7. The smallest absolute Gasteiger partial charge is 0.131 e. The van der Waals surface area contributed by atoms with Crippen molar-refractivity contribution in [2.75, 3.05) is 25.0 Å². The zero-order valence-corrected chi connectivity index (χ0v) is 15.5. The lowest BCUT2D eigenvalue weighted by Crippen LogP contribution is -2.53. The number of hydrazone groups is 1. The van der Waals surface area contributed by atoms with E-state index in [0.717, 1.165) is 37.2 Å². The third kappa shape index (κ3) is 4.28. The highest BCUT2D eigenvalue weighted by Gasteiger charge is 2.34. The Hall–Kier alpha value is -2.04. The van der Waals surface area contributed by atoms with Crippen molar-refractivity contribution in [2.45, 2.75) is 46.6 Å². The number of benzene rings is 1. The number of rotatable bonds is 5. The van der Waals surface area contributed by atoms with Crippen molar-refractivity contribution in [1.29, 1.82) is 0 Å². The molecule has 3 rings (SSSR count). The van der Waals surface area contributed by atoms with Crippen LogP contribution in [0, 0.1) is 5.41 Å². The summed E-state index contributed by atoms with van der Waals surface area (Å²) < 4.78 is 6.07. The SMILES string of the molecule is CC.CN=C/C(=N\N)c1ccc(N2CC(C)(C)C2)cc1OC1CC1. The average Bonchev–Trinajstić information content (AvgIpc) is 3.36. The van der Waals surface area contributed by atoms with Crippen LogP contribution in [0.2, 0.25) is 0 Å². The van der Waals surface area contributed by atoms with Crippen LogP contribution in [0.1, 0.15) is 46.1 Å². The minimum absolute atomic E-state index is 0.333. The molecule has 0 aromatic heterocycles. The number of hydrogen-bond acceptors (Lipinski definition) is 5. The van der Waals surface area contributed by atoms with Gasteiger partial charge in [-0.25, -0.2) is 0 Å². The summed E-state index contributed by atoms with van der Waals surface area (Å²) in [6.45, 7) is 10.7. The molecule has 1 saturated heterocycles. The van der Waals surface area contributed by atoms with Gasteiger partial charge in [0.1, 0.15) is 11.5 Å². The third-order valence-electron chi connectivity index (χ3n) is 4.05. The lowest BCUT2D eigenvalue weighted by atomic mass is 9.84. The minimum atomic E-state index is 0.333. The zero-order valence-electron chi connectivity index (χ0n) is 15.5. The van der Waals surface area contributed by atoms with Crippen LogP contribution < -0.4 is 15.5 Å². The summed E-state index contributed by atoms with van der Waals surface area (Å²) in [7, 11) is 1.71. The maximum absolute atomic E-state index is 6.07. The highest BCUT2D eigenvalue weighted by molar-refractivity contribution is 6.38. The molecule has 0 unspecified atom stereocenters. The monoisotopic (exact) mass is 330 g/mol. The number of hydrogen-bond donors (Lipinski definition) is 1. The lowest BCUT2D eigenvalue weighted by molar-refractivity contribution is 0.275. The molecule has 0 radical (unpaired) electrons. The van der Waals surface area contributed by atoms with E-state index >= 15 is 0 Å². The standard InChI is InChI=1S/C17H24N4O.C2H6/c1-17(2)10-21(11-17)12-4-7-14(15(20-18)9-19-3)16(8-12)22-13-5-6-13;1-2/h4,7-9,13H,5-6,10-11,18H2,1-3H3;1-2H3/b19-9?,20-15+;. The third-order valence-corrected chi connectivity index (χ3v) is 4.05. The second kappa shape index (κ2) is 7.69. The molecule has 0 spiro atoms. The molecular weight excluding hydrogens is 300 g/mol. The van der Waals surface area contributed by atoms with E-state index in [1.165, 1.54) is 5.69 Å². The Morgan fingerprint density at radius 1 is 1.29 bits per heavy atom. The Kier molecular flexibility index (Phi) is 5.86. The normalized spacial score (nSPS) is 19.5. The summed E-state index contributed by atoms with van der Waals surface area (Å²) in [5, 5.41) is 3.84. The van der Waals surface area contributed by atoms with Crippen LogP contribution in [0.5, 0.6) is 5.75 Å². The van der Waals surface area contributed by atoms with Crippen LogP contribution in [0.4, 0.5) is 5.69 Å². The first-order chi connectivity index (χ1) is 11.5. The molecule has 24 heavy (non-hydrogen) atoms. The van der Waals surface area contributed by atoms with E-state index in [9.17, 15) is 0 Å². The maximum Gasteiger partial charge on any atom is 0.131 e. The number of aliphatic imine (C=N–C) groups is 1. The van der Waals surface area contributed by atoms with E-state index in [1.54, 1.807) is 13.3 Å². The van der Waals surface area contributed by atoms with Crippen molar-refractivity contribution in [2.24, 2.45) is 21.4 Å². The fourth-order valence-corrected chi connectivity index (χ4v) is 2.85. The highest BCUT2D eigenvalue weighted by Crippen LogP contribution is 2.37. The van der Waals surface area contributed by atoms with E-state index in [-0.39, 0.29) is 0 Å². The quantitative estimate of drug-likeness (QED) is 0.511. The summed E-state index contributed by atoms with van der Waals surface area (Å²) in [6.07, 6.45) is 4.25. The fraction of sp³-hybridized carbons (Fsp3) is 0.579. The summed E-state index contributed by atoms with van der Waals surface area (Å²) in [4.78, 5) is 6.39. The van der Waals surface area contributed by atoms with Gasteiger partial charge in [-0.2, -0.15) is 5.10 Å². The molecule has 5 heteroatoms. The number of nitrogens with zero attached hydrogens (tertiary/aromatic N) is 3. The van der Waals surface area contributed by atoms with E-state index in [4.69, 9.17) is 10.6 Å². The predicted molar refractivity (Wildman–Crippen MR) is 103 cm³/mol. The van der Waals surface area contributed by atoms with E-state index in [2.05, 4.69) is 41.0 Å². The first kappa shape index (κ1) is 18.3. The van der Waals surface area contributed by atoms with Crippen molar-refractivity contribution in [3.63, 3.8) is 0 Å². The van der Waals surface area contributed by atoms with Gasteiger partial charge in [0.25, 0.3) is 0 Å². The molecule has 0 atom stereocenters. The fourth-order valence-electron chi connectivity index (χ4n) is 2.85. The largest absolute Gasteiger partial charge is 0.490 e. The van der Waals surface area contributed by atoms with Crippen LogP contribution >= 0.6 is 0 Å². The Morgan fingerprint density at radius 3 is 2.46 bits per heavy atom. The van der Waals surface area contributed by atoms with Gasteiger partial charge in [-0.1, -0.05) is 27.7 Å². The highest BCUT2D eigenvalue weighted by atomic mass is 16.5. The van der Waals surface area contributed by atoms with Gasteiger partial charge in [0.2, 0.25) is 0 Å². The topological polar surface area (TPSA) is 63.2 Å². The van der Waals surface area contributed by atoms with Crippen molar-refractivity contribution < 1.29 is 4.74 Å². The Bertz CT molecular complexity index is 610. The Balaban J connectivity index is 0.00000100. The van der Waals surface area contributed by atoms with Gasteiger partial charge in [-0.05, 0) is 30.4 Å². The van der Waals surface area contributed by atoms with Crippen LogP contribution in [-0.4, -0.2) is 38.2 Å². The average molecular weight is 330 g/mol. The second-order valence-corrected chi connectivity index (χ2v) is 6.92. The Morgan fingerprint density at radius 2 is 1.96 bits per heavy atom. The first-order valence-electron chi connectivity index (χ1n) is 8.78. The van der Waals surface area contributed by atoms with Gasteiger partial charge in [0.15, 0.2) is 0 Å². The Labute approximate surface area is 145 Å². The molecule has 1 aliphatic heterocycles. The van der Waals surface area contributed by atoms with Crippen LogP contribution in [0.25, 0.3) is 0 Å². The molecule has 0 bridgehead atoms. The molecule has 1 saturated carbocycles. The van der Waals surface area contributed by atoms with Gasteiger partial charge in [-0.15, -0.1) is 0 Å². The number of anilines is 1. The van der Waals surface area contributed by atoms with E-state index in [0.29, 0.717) is 17.2 Å². The minimum Gasteiger partial charge on any atom is -0.490 e. The second-order valence-electron chi connectivity index (χ2n) is 6.92. The summed E-state index contributed by atoms with van der Waals surface area (Å²) >= 11 is 0. The van der Waals surface area contributed by atoms with Crippen molar-refractivity contribution in [1.82, 2.24) is 0 Å². The predicted octanol–water partition coefficient (Wildman–Crippen LogP) is 3.46. The molecule has 1 aromatic carbocycles. The van der Waals surface area contributed by atoms with Crippen molar-refractivity contribution in [3.05, 3.63) is 23.8 Å². The summed E-state index contributed by atoms with van der Waals surface area (Å²) in [5.41, 5.74) is 3.15. The van der Waals surface area contributed by atoms with E-state index < -0.39 is 0 Å². The lowest BCUT2D eigenvalue weighted by Gasteiger charge is -2.47. The van der Waals surface area contributed by atoms with Gasteiger partial charge in [-0.3, -0.25) is 4.99 Å². The summed E-state index contributed by atoms with van der Waals surface area (Å²) in [5.74, 6) is 6.36. The molecular formula is C19H30N4O. The van der Waals surface area contributed by atoms with E-state index in [1.807, 2.05) is 19.9 Å². The molecule has 2 aliphatic rings. The molecule has 2 fully saturated rings. The molecule has 132 valence electrons. The molecule has 0 amide bonds. The maximum atomic E-state index is 6.07. The van der Waals surface area contributed by atoms with Crippen LogP contribution in [-0.2, 0) is 0 Å². The number of nitrogens with two attached hydrogens (primary N) is 1. The summed E-state index contributed by atoms with van der Waals surface area (Å²) in [6, 6.07) is 6.25. The van der Waals surface area contributed by atoms with Gasteiger partial charge >= 0.3 is 0 Å². The van der Waals surface area contributed by atoms with Crippen LogP contribution in [0.3, 0.4) is 0 Å². The molecule has 1 aromatic rings. The first-order valence-corrected chi connectivity index (χ1v) is 8.78. The molecule has 1 heterocycles. The number of ether oxygens (including phenoxy) is 1. The van der Waals surface area contributed by atoms with Gasteiger partial charge in [0, 0.05) is 43.7 Å². The van der Waals surface area contributed by atoms with Crippen molar-refractivity contribution >= 4 is 17.6 Å². The van der Waals surface area contributed by atoms with Gasteiger partial charge < -0.3 is 15.5 Å².